The van der Waals surface area contributed by atoms with Gasteiger partial charge in [0, 0.05) is 52.1 Å². The second-order valence-electron chi connectivity index (χ2n) is 6.36. The van der Waals surface area contributed by atoms with Crippen LogP contribution in [0.2, 0.25) is 0 Å². The fraction of sp³-hybridized carbons (Fsp3) is 0.737. The summed E-state index contributed by atoms with van der Waals surface area (Å²) < 4.78 is 16.4. The monoisotopic (exact) mass is 383 g/mol. The number of hydrogen-bond donors (Lipinski definition) is 1. The van der Waals surface area contributed by atoms with Gasteiger partial charge in [-0.15, -0.1) is 0 Å². The Morgan fingerprint density at radius 2 is 2.23 bits per heavy atom. The van der Waals surface area contributed by atoms with Gasteiger partial charge in [0.05, 0.1) is 18.9 Å². The first kappa shape index (κ1) is 21.1. The van der Waals surface area contributed by atoms with E-state index in [0.29, 0.717) is 6.10 Å². The molecule has 0 saturated carbocycles. The number of nitrogens with one attached hydrogen (secondary N) is 1. The van der Waals surface area contributed by atoms with Gasteiger partial charge in [-0.3, -0.25) is 4.99 Å². The summed E-state index contributed by atoms with van der Waals surface area (Å²) >= 11 is 1.83. The predicted molar refractivity (Wildman–Crippen MR) is 108 cm³/mol. The topological polar surface area (TPSA) is 59.2 Å². The van der Waals surface area contributed by atoms with E-state index in [1.54, 1.807) is 13.4 Å². The molecular weight excluding hydrogens is 350 g/mol. The Hall–Kier alpha value is -1.18. The molecule has 0 amide bonds. The van der Waals surface area contributed by atoms with Crippen molar-refractivity contribution in [2.75, 3.05) is 58.5 Å². The quantitative estimate of drug-likeness (QED) is 0.360. The lowest BCUT2D eigenvalue weighted by Crippen LogP contribution is -2.47. The van der Waals surface area contributed by atoms with Crippen LogP contribution in [0.25, 0.3) is 0 Å². The Balaban J connectivity index is 1.75. The van der Waals surface area contributed by atoms with Crippen LogP contribution in [-0.2, 0) is 15.9 Å². The highest BCUT2D eigenvalue weighted by Crippen LogP contribution is 2.14. The Labute approximate surface area is 161 Å². The van der Waals surface area contributed by atoms with E-state index in [1.165, 1.54) is 0 Å². The fourth-order valence-electron chi connectivity index (χ4n) is 2.95. The molecule has 1 aliphatic heterocycles. The summed E-state index contributed by atoms with van der Waals surface area (Å²) in [7, 11) is 1.73. The van der Waals surface area contributed by atoms with Crippen molar-refractivity contribution in [1.29, 1.82) is 0 Å². The Morgan fingerprint density at radius 1 is 1.38 bits per heavy atom. The average Bonchev–Trinajstić information content (AvgIpc) is 3.18. The minimum atomic E-state index is 0.360. The summed E-state index contributed by atoms with van der Waals surface area (Å²) in [6.45, 7) is 5.21. The van der Waals surface area contributed by atoms with Crippen molar-refractivity contribution in [3.8, 4) is 0 Å². The number of nitrogens with zero attached hydrogens (tertiary/aromatic N) is 2. The smallest absolute Gasteiger partial charge is 0.193 e. The van der Waals surface area contributed by atoms with Crippen LogP contribution in [0.5, 0.6) is 0 Å². The van der Waals surface area contributed by atoms with Gasteiger partial charge in [0.25, 0.3) is 0 Å². The maximum atomic E-state index is 5.96. The van der Waals surface area contributed by atoms with E-state index in [4.69, 9.17) is 18.9 Å². The normalized spacial score (nSPS) is 16.2. The van der Waals surface area contributed by atoms with Crippen LogP contribution in [0.1, 0.15) is 25.0 Å². The predicted octanol–water partition coefficient (Wildman–Crippen LogP) is 2.65. The summed E-state index contributed by atoms with van der Waals surface area (Å²) in [6.07, 6.45) is 8.13. The zero-order valence-electron chi connectivity index (χ0n) is 16.1. The summed E-state index contributed by atoms with van der Waals surface area (Å²) in [5, 5.41) is 3.51. The molecule has 1 aromatic rings. The molecule has 148 valence electrons. The number of thioether (sulfide) groups is 1. The molecule has 0 spiro atoms. The molecule has 1 N–H and O–H groups in total. The van der Waals surface area contributed by atoms with E-state index < -0.39 is 0 Å². The van der Waals surface area contributed by atoms with Crippen molar-refractivity contribution >= 4 is 17.7 Å². The molecule has 1 fully saturated rings. The summed E-state index contributed by atoms with van der Waals surface area (Å²) in [5.41, 5.74) is 0. The molecular formula is C19H33N3O3S. The van der Waals surface area contributed by atoms with E-state index in [-0.39, 0.29) is 0 Å². The lowest BCUT2D eigenvalue weighted by Gasteiger charge is -2.34. The number of aliphatic imine (C=N–C) groups is 1. The van der Waals surface area contributed by atoms with Crippen molar-refractivity contribution in [3.05, 3.63) is 24.2 Å². The van der Waals surface area contributed by atoms with Crippen LogP contribution in [-0.4, -0.2) is 75.5 Å². The lowest BCUT2D eigenvalue weighted by atomic mass is 10.1. The molecule has 7 heteroatoms. The first-order valence-electron chi connectivity index (χ1n) is 9.48. The van der Waals surface area contributed by atoms with Gasteiger partial charge >= 0.3 is 0 Å². The fourth-order valence-corrected chi connectivity index (χ4v) is 3.22. The van der Waals surface area contributed by atoms with Crippen molar-refractivity contribution in [2.24, 2.45) is 4.99 Å². The molecule has 0 radical (unpaired) electrons. The number of likely N-dealkylation sites (tertiary alicyclic amines) is 1. The molecule has 0 unspecified atom stereocenters. The van der Waals surface area contributed by atoms with Gasteiger partial charge in [0.15, 0.2) is 5.96 Å². The largest absolute Gasteiger partial charge is 0.469 e. The van der Waals surface area contributed by atoms with E-state index in [2.05, 4.69) is 16.5 Å². The molecule has 0 atom stereocenters. The van der Waals surface area contributed by atoms with Crippen LogP contribution < -0.4 is 5.32 Å². The van der Waals surface area contributed by atoms with Crippen LogP contribution in [0.4, 0.5) is 0 Å². The molecule has 1 aromatic heterocycles. The number of hydrogen-bond acceptors (Lipinski definition) is 5. The van der Waals surface area contributed by atoms with Crippen LogP contribution in [0.15, 0.2) is 27.8 Å². The van der Waals surface area contributed by atoms with E-state index in [9.17, 15) is 0 Å². The van der Waals surface area contributed by atoms with E-state index in [0.717, 1.165) is 82.5 Å². The maximum absolute atomic E-state index is 5.96. The number of guanidine groups is 1. The molecule has 1 saturated heterocycles. The maximum Gasteiger partial charge on any atom is 0.193 e. The van der Waals surface area contributed by atoms with E-state index >= 15 is 0 Å². The first-order valence-corrected chi connectivity index (χ1v) is 10.9. The SMILES string of the molecule is COCCCOC1CCN(C(=NCCSC)NCCc2ccco2)CC1. The van der Waals surface area contributed by atoms with Gasteiger partial charge in [-0.05, 0) is 37.7 Å². The molecule has 26 heavy (non-hydrogen) atoms. The number of piperidine rings is 1. The van der Waals surface area contributed by atoms with Gasteiger partial charge in [-0.1, -0.05) is 0 Å². The highest BCUT2D eigenvalue weighted by Gasteiger charge is 2.22. The van der Waals surface area contributed by atoms with Crippen molar-refractivity contribution in [3.63, 3.8) is 0 Å². The molecule has 0 aromatic carbocycles. The van der Waals surface area contributed by atoms with Crippen LogP contribution in [0, 0.1) is 0 Å². The van der Waals surface area contributed by atoms with Gasteiger partial charge in [0.1, 0.15) is 5.76 Å². The first-order chi connectivity index (χ1) is 12.8. The number of rotatable bonds is 11. The highest BCUT2D eigenvalue weighted by molar-refractivity contribution is 7.98. The highest BCUT2D eigenvalue weighted by atomic mass is 32.2. The zero-order chi connectivity index (χ0) is 18.5. The second-order valence-corrected chi connectivity index (χ2v) is 7.34. The zero-order valence-corrected chi connectivity index (χ0v) is 16.9. The summed E-state index contributed by atoms with van der Waals surface area (Å²) in [5.74, 6) is 3.06. The van der Waals surface area contributed by atoms with Crippen molar-refractivity contribution in [2.45, 2.75) is 31.8 Å². The van der Waals surface area contributed by atoms with Gasteiger partial charge < -0.3 is 24.1 Å². The summed E-state index contributed by atoms with van der Waals surface area (Å²) in [4.78, 5) is 7.15. The van der Waals surface area contributed by atoms with Crippen molar-refractivity contribution in [1.82, 2.24) is 10.2 Å². The third-order valence-electron chi connectivity index (χ3n) is 4.38. The third kappa shape index (κ3) is 8.01. The van der Waals surface area contributed by atoms with Gasteiger partial charge in [0.2, 0.25) is 0 Å². The molecule has 0 bridgehead atoms. The summed E-state index contributed by atoms with van der Waals surface area (Å²) in [6, 6.07) is 3.94. The number of methoxy groups -OCH3 is 1. The van der Waals surface area contributed by atoms with Gasteiger partial charge in [-0.2, -0.15) is 11.8 Å². The third-order valence-corrected chi connectivity index (χ3v) is 4.97. The minimum Gasteiger partial charge on any atom is -0.469 e. The standard InChI is InChI=1S/C19H33N3O3S/c1-23-13-4-15-25-18-7-11-22(12-8-18)19(21-10-16-26-2)20-9-6-17-5-3-14-24-17/h3,5,14,18H,4,6-13,15-16H2,1-2H3,(H,20,21). The number of ether oxygens (including phenoxy) is 2. The Bertz CT molecular complexity index is 488. The molecule has 1 aliphatic rings. The average molecular weight is 384 g/mol. The molecule has 6 nitrogen and oxygen atoms in total. The Kier molecular flexibility index (Phi) is 10.6. The van der Waals surface area contributed by atoms with E-state index in [1.807, 2.05) is 23.9 Å². The minimum absolute atomic E-state index is 0.360. The molecule has 2 rings (SSSR count). The lowest BCUT2D eigenvalue weighted by molar-refractivity contribution is 0.00990. The van der Waals surface area contributed by atoms with Crippen molar-refractivity contribution < 1.29 is 13.9 Å². The molecule has 0 aliphatic carbocycles. The Morgan fingerprint density at radius 3 is 2.92 bits per heavy atom. The van der Waals surface area contributed by atoms with Gasteiger partial charge in [-0.25, -0.2) is 0 Å². The number of furan rings is 1. The van der Waals surface area contributed by atoms with Crippen LogP contribution in [0.3, 0.4) is 0 Å². The van der Waals surface area contributed by atoms with Crippen LogP contribution >= 0.6 is 11.8 Å². The second kappa shape index (κ2) is 13.1. The molecule has 2 heterocycles.